The van der Waals surface area contributed by atoms with Gasteiger partial charge in [0.25, 0.3) is 5.91 Å². The number of thiophene rings is 1. The van der Waals surface area contributed by atoms with Crippen LogP contribution in [0, 0.1) is 11.8 Å². The molecule has 1 aromatic carbocycles. The van der Waals surface area contributed by atoms with Crippen LogP contribution in [0.4, 0.5) is 5.69 Å². The van der Waals surface area contributed by atoms with E-state index in [1.165, 1.54) is 11.3 Å². The zero-order valence-corrected chi connectivity index (χ0v) is 16.5. The molecule has 2 aromatic rings. The van der Waals surface area contributed by atoms with Crippen LogP contribution >= 0.6 is 23.7 Å². The van der Waals surface area contributed by atoms with Gasteiger partial charge in [-0.25, -0.2) is 0 Å². The Balaban J connectivity index is 0.00000243. The third-order valence-corrected chi connectivity index (χ3v) is 5.55. The molecule has 1 aliphatic heterocycles. The van der Waals surface area contributed by atoms with Crippen LogP contribution in [-0.2, 0) is 11.3 Å². The maximum atomic E-state index is 12.5. The molecule has 1 atom stereocenters. The maximum Gasteiger partial charge on any atom is 0.263 e. The lowest BCUT2D eigenvalue weighted by Gasteiger charge is -2.32. The first-order chi connectivity index (χ1) is 12.1. The molecule has 0 radical (unpaired) electrons. The molecule has 2 N–H and O–H groups in total. The summed E-state index contributed by atoms with van der Waals surface area (Å²) < 4.78 is 0. The van der Waals surface area contributed by atoms with Gasteiger partial charge >= 0.3 is 0 Å². The van der Waals surface area contributed by atoms with E-state index in [1.54, 1.807) is 11.9 Å². The molecule has 0 aliphatic carbocycles. The molecule has 140 valence electrons. The molecule has 1 aromatic heterocycles. The second kappa shape index (κ2) is 9.16. The van der Waals surface area contributed by atoms with Crippen molar-refractivity contribution in [3.8, 4) is 0 Å². The molecule has 0 bridgehead atoms. The number of nitrogens with one attached hydrogen (secondary N) is 2. The number of hydrogen-bond donors (Lipinski definition) is 2. The summed E-state index contributed by atoms with van der Waals surface area (Å²) in [7, 11) is 1.78. The average Bonchev–Trinajstić information content (AvgIpc) is 3.08. The van der Waals surface area contributed by atoms with Crippen molar-refractivity contribution in [2.24, 2.45) is 11.8 Å². The number of rotatable bonds is 6. The van der Waals surface area contributed by atoms with Crippen LogP contribution in [0.2, 0.25) is 0 Å². The second-order valence-electron chi connectivity index (χ2n) is 6.49. The number of benzene rings is 1. The Labute approximate surface area is 164 Å². The predicted octanol–water partition coefficient (Wildman–Crippen LogP) is 3.24. The zero-order chi connectivity index (χ0) is 17.8. The molecule has 1 saturated heterocycles. The van der Waals surface area contributed by atoms with Gasteiger partial charge in [-0.15, -0.1) is 23.7 Å². The fourth-order valence-electron chi connectivity index (χ4n) is 2.82. The highest BCUT2D eigenvalue weighted by molar-refractivity contribution is 7.12. The maximum absolute atomic E-state index is 12.5. The second-order valence-corrected chi connectivity index (χ2v) is 7.44. The van der Waals surface area contributed by atoms with Crippen molar-refractivity contribution in [1.29, 1.82) is 0 Å². The van der Waals surface area contributed by atoms with E-state index in [1.807, 2.05) is 48.7 Å². The van der Waals surface area contributed by atoms with Gasteiger partial charge in [-0.3, -0.25) is 9.59 Å². The van der Waals surface area contributed by atoms with Crippen molar-refractivity contribution < 1.29 is 9.59 Å². The highest BCUT2D eigenvalue weighted by atomic mass is 35.5. The summed E-state index contributed by atoms with van der Waals surface area (Å²) >= 11 is 1.43. The van der Waals surface area contributed by atoms with Crippen molar-refractivity contribution >= 4 is 41.2 Å². The lowest BCUT2D eigenvalue weighted by atomic mass is 9.88. The van der Waals surface area contributed by atoms with E-state index >= 15 is 0 Å². The molecule has 7 heteroatoms. The van der Waals surface area contributed by atoms with Gasteiger partial charge in [0.1, 0.15) is 0 Å². The molecule has 26 heavy (non-hydrogen) atoms. The first-order valence-electron chi connectivity index (χ1n) is 8.44. The van der Waals surface area contributed by atoms with Gasteiger partial charge in [-0.05, 0) is 42.1 Å². The first-order valence-corrected chi connectivity index (χ1v) is 9.32. The van der Waals surface area contributed by atoms with E-state index in [0.29, 0.717) is 12.5 Å². The molecule has 1 aliphatic rings. The quantitative estimate of drug-likeness (QED) is 0.792. The van der Waals surface area contributed by atoms with E-state index in [0.717, 1.165) is 29.2 Å². The van der Waals surface area contributed by atoms with Crippen molar-refractivity contribution in [3.05, 3.63) is 52.2 Å². The smallest absolute Gasteiger partial charge is 0.263 e. The van der Waals surface area contributed by atoms with E-state index < -0.39 is 0 Å². The number of nitrogens with zero attached hydrogens (tertiary/aromatic N) is 1. The fraction of sp³-hybridized carbons (Fsp3) is 0.368. The van der Waals surface area contributed by atoms with Crippen LogP contribution in [0.25, 0.3) is 0 Å². The molecule has 2 heterocycles. The summed E-state index contributed by atoms with van der Waals surface area (Å²) in [6.45, 7) is 4.21. The Hall–Kier alpha value is -1.89. The van der Waals surface area contributed by atoms with E-state index in [9.17, 15) is 9.59 Å². The molecular weight excluding hydrogens is 370 g/mol. The highest BCUT2D eigenvalue weighted by Gasteiger charge is 2.29. The number of amides is 2. The summed E-state index contributed by atoms with van der Waals surface area (Å²) in [5.41, 5.74) is 1.71. The summed E-state index contributed by atoms with van der Waals surface area (Å²) in [6, 6.07) is 11.4. The molecule has 0 saturated carbocycles. The SMILES string of the molecule is CC(C(=O)Nc1ccccc1CN(C)C(=O)c1cccs1)C1CNC1.Cl. The van der Waals surface area contributed by atoms with E-state index in [2.05, 4.69) is 10.6 Å². The number of halogens is 1. The lowest BCUT2D eigenvalue weighted by Crippen LogP contribution is -2.48. The summed E-state index contributed by atoms with van der Waals surface area (Å²) in [4.78, 5) is 27.3. The van der Waals surface area contributed by atoms with Gasteiger partial charge in [-0.1, -0.05) is 31.2 Å². The van der Waals surface area contributed by atoms with E-state index in [4.69, 9.17) is 0 Å². The minimum Gasteiger partial charge on any atom is -0.337 e. The van der Waals surface area contributed by atoms with Crippen molar-refractivity contribution in [2.75, 3.05) is 25.5 Å². The number of anilines is 1. The minimum absolute atomic E-state index is 0. The van der Waals surface area contributed by atoms with Gasteiger partial charge in [0, 0.05) is 25.2 Å². The number of carbonyl (C=O) groups excluding carboxylic acids is 2. The fourth-order valence-corrected chi connectivity index (χ4v) is 3.54. The Morgan fingerprint density at radius 3 is 2.62 bits per heavy atom. The molecule has 1 fully saturated rings. The third-order valence-electron chi connectivity index (χ3n) is 4.70. The van der Waals surface area contributed by atoms with Crippen LogP contribution in [0.1, 0.15) is 22.2 Å². The average molecular weight is 394 g/mol. The van der Waals surface area contributed by atoms with Crippen LogP contribution in [0.5, 0.6) is 0 Å². The van der Waals surface area contributed by atoms with Crippen LogP contribution in [0.15, 0.2) is 41.8 Å². The molecule has 2 amide bonds. The topological polar surface area (TPSA) is 61.4 Å². The predicted molar refractivity (Wildman–Crippen MR) is 108 cm³/mol. The lowest BCUT2D eigenvalue weighted by molar-refractivity contribution is -0.121. The Kier molecular flexibility index (Phi) is 7.20. The third kappa shape index (κ3) is 4.63. The van der Waals surface area contributed by atoms with Gasteiger partial charge in [-0.2, -0.15) is 0 Å². The highest BCUT2D eigenvalue weighted by Crippen LogP contribution is 2.22. The van der Waals surface area contributed by atoms with Gasteiger partial charge in [0.2, 0.25) is 5.91 Å². The summed E-state index contributed by atoms with van der Waals surface area (Å²) in [5.74, 6) is 0.395. The molecular formula is C19H24ClN3O2S. The Bertz CT molecular complexity index is 747. The van der Waals surface area contributed by atoms with Crippen molar-refractivity contribution in [2.45, 2.75) is 13.5 Å². The minimum atomic E-state index is -0.0280. The zero-order valence-electron chi connectivity index (χ0n) is 14.9. The largest absolute Gasteiger partial charge is 0.337 e. The van der Waals surface area contributed by atoms with Crippen LogP contribution in [-0.4, -0.2) is 36.9 Å². The molecule has 1 unspecified atom stereocenters. The van der Waals surface area contributed by atoms with Crippen LogP contribution < -0.4 is 10.6 Å². The van der Waals surface area contributed by atoms with Crippen LogP contribution in [0.3, 0.4) is 0 Å². The molecule has 3 rings (SSSR count). The normalized spacial score (nSPS) is 14.7. The van der Waals surface area contributed by atoms with E-state index in [-0.39, 0.29) is 30.1 Å². The number of hydrogen-bond acceptors (Lipinski definition) is 4. The Morgan fingerprint density at radius 2 is 2.00 bits per heavy atom. The number of carbonyl (C=O) groups is 2. The summed E-state index contributed by atoms with van der Waals surface area (Å²) in [5, 5.41) is 8.13. The first kappa shape index (κ1) is 20.4. The van der Waals surface area contributed by atoms with Crippen molar-refractivity contribution in [1.82, 2.24) is 10.2 Å². The Morgan fingerprint density at radius 1 is 1.27 bits per heavy atom. The molecule has 0 spiro atoms. The molecule has 5 nitrogen and oxygen atoms in total. The van der Waals surface area contributed by atoms with Gasteiger partial charge in [0.15, 0.2) is 0 Å². The standard InChI is InChI=1S/C19H23N3O2S.ClH/c1-13(15-10-20-11-15)18(23)21-16-7-4-3-6-14(16)12-22(2)19(24)17-8-5-9-25-17;/h3-9,13,15,20H,10-12H2,1-2H3,(H,21,23);1H. The van der Waals surface area contributed by atoms with Gasteiger partial charge < -0.3 is 15.5 Å². The summed E-state index contributed by atoms with van der Waals surface area (Å²) in [6.07, 6.45) is 0. The number of para-hydroxylation sites is 1. The monoisotopic (exact) mass is 393 g/mol. The van der Waals surface area contributed by atoms with Gasteiger partial charge in [0.05, 0.1) is 4.88 Å². The van der Waals surface area contributed by atoms with Crippen molar-refractivity contribution in [3.63, 3.8) is 0 Å².